The van der Waals surface area contributed by atoms with Crippen molar-refractivity contribution < 1.29 is 27.4 Å². The Morgan fingerprint density at radius 3 is 2.47 bits per heavy atom. The van der Waals surface area contributed by atoms with Crippen LogP contribution in [0.4, 0.5) is 13.2 Å². The molecule has 4 aliphatic rings. The first-order valence-electron chi connectivity index (χ1n) is 13.2. The van der Waals surface area contributed by atoms with Gasteiger partial charge in [0.05, 0.1) is 23.7 Å². The number of alkyl halides is 3. The van der Waals surface area contributed by atoms with Gasteiger partial charge in [-0.3, -0.25) is 0 Å². The van der Waals surface area contributed by atoms with E-state index in [-0.39, 0.29) is 22.5 Å². The van der Waals surface area contributed by atoms with E-state index in [4.69, 9.17) is 4.84 Å². The minimum atomic E-state index is -4.51. The summed E-state index contributed by atoms with van der Waals surface area (Å²) >= 11 is 0. The lowest BCUT2D eigenvalue weighted by Crippen LogP contribution is -2.50. The fraction of sp³-hybridized carbons (Fsp3) is 0.448. The molecule has 0 unspecified atom stereocenters. The summed E-state index contributed by atoms with van der Waals surface area (Å²) in [5.41, 5.74) is -0.661. The van der Waals surface area contributed by atoms with Crippen LogP contribution in [0.1, 0.15) is 50.5 Å². The predicted octanol–water partition coefficient (Wildman–Crippen LogP) is 5.41. The molecule has 0 spiro atoms. The van der Waals surface area contributed by atoms with E-state index < -0.39 is 17.3 Å². The van der Waals surface area contributed by atoms with Gasteiger partial charge in [0.2, 0.25) is 0 Å². The van der Waals surface area contributed by atoms with Crippen LogP contribution < -0.4 is 10.1 Å². The molecule has 4 bridgehead atoms. The number of aromatic nitrogens is 2. The molecule has 6 nitrogen and oxygen atoms in total. The Labute approximate surface area is 217 Å². The summed E-state index contributed by atoms with van der Waals surface area (Å²) in [6, 6.07) is 10.0. The molecule has 4 aliphatic carbocycles. The number of carbonyl (C=O) groups is 1. The fourth-order valence-corrected chi connectivity index (χ4v) is 7.28. The average molecular weight is 525 g/mol. The molecule has 2 aromatic heterocycles. The molecule has 198 valence electrons. The first-order chi connectivity index (χ1) is 18.2. The van der Waals surface area contributed by atoms with Gasteiger partial charge in [0.15, 0.2) is 0 Å². The van der Waals surface area contributed by atoms with Crippen LogP contribution in [0.15, 0.2) is 64.8 Å². The van der Waals surface area contributed by atoms with E-state index >= 15 is 0 Å². The minimum Gasteiger partial charge on any atom is -0.318 e. The third-order valence-corrected chi connectivity index (χ3v) is 8.55. The number of rotatable bonds is 6. The second kappa shape index (κ2) is 9.36. The average Bonchev–Trinajstić information content (AvgIpc) is 2.88. The highest BCUT2D eigenvalue weighted by Gasteiger charge is 2.55. The largest absolute Gasteiger partial charge is 0.416 e. The molecular weight excluding hydrogens is 495 g/mol. The lowest BCUT2D eigenvalue weighted by atomic mass is 9.49. The monoisotopic (exact) mass is 524 g/mol. The summed E-state index contributed by atoms with van der Waals surface area (Å²) in [4.78, 5) is 31.5. The van der Waals surface area contributed by atoms with E-state index in [0.717, 1.165) is 31.4 Å². The van der Waals surface area contributed by atoms with Crippen LogP contribution in [0.5, 0.6) is 0 Å². The van der Waals surface area contributed by atoms with E-state index in [1.165, 1.54) is 35.8 Å². The third-order valence-electron chi connectivity index (χ3n) is 8.55. The van der Waals surface area contributed by atoms with Gasteiger partial charge in [-0.05, 0) is 80.0 Å². The highest BCUT2D eigenvalue weighted by Crippen LogP contribution is 2.60. The highest BCUT2D eigenvalue weighted by atomic mass is 19.4. The van der Waals surface area contributed by atoms with Gasteiger partial charge in [-0.15, -0.1) is 0 Å². The molecule has 0 aliphatic heterocycles. The number of halogens is 3. The summed E-state index contributed by atoms with van der Waals surface area (Å²) in [6.45, 7) is 0.387. The van der Waals surface area contributed by atoms with Gasteiger partial charge in [0, 0.05) is 18.7 Å². The van der Waals surface area contributed by atoms with Gasteiger partial charge >= 0.3 is 17.7 Å². The SMILES string of the molecule is O=C(ON=CCC[n+]1cc(-c2cccc(C(F)(F)F)c2)c(=O)n2ccccc21)C12CC3CC(CC(C3)C1)C2. The van der Waals surface area contributed by atoms with Crippen molar-refractivity contribution >= 4 is 17.8 Å². The number of aryl methyl sites for hydroxylation is 1. The number of benzene rings is 1. The molecule has 38 heavy (non-hydrogen) atoms. The Bertz CT molecular complexity index is 1440. The van der Waals surface area contributed by atoms with Gasteiger partial charge in [0.1, 0.15) is 11.8 Å². The normalized spacial score (nSPS) is 26.3. The van der Waals surface area contributed by atoms with E-state index in [1.807, 2.05) is 0 Å². The lowest BCUT2D eigenvalue weighted by molar-refractivity contribution is -0.672. The van der Waals surface area contributed by atoms with Crippen molar-refractivity contribution in [3.63, 3.8) is 0 Å². The molecule has 3 aromatic rings. The molecule has 0 atom stereocenters. The Morgan fingerprint density at radius 1 is 1.08 bits per heavy atom. The molecule has 0 saturated heterocycles. The maximum atomic E-state index is 13.3. The van der Waals surface area contributed by atoms with Gasteiger partial charge in [-0.2, -0.15) is 17.6 Å². The van der Waals surface area contributed by atoms with Crippen LogP contribution in [0.2, 0.25) is 0 Å². The Morgan fingerprint density at radius 2 is 1.79 bits per heavy atom. The van der Waals surface area contributed by atoms with Crippen LogP contribution in [0, 0.1) is 23.2 Å². The van der Waals surface area contributed by atoms with Gasteiger partial charge < -0.3 is 4.84 Å². The van der Waals surface area contributed by atoms with Gasteiger partial charge in [-0.1, -0.05) is 23.4 Å². The Hall–Kier alpha value is -3.49. The van der Waals surface area contributed by atoms with Gasteiger partial charge in [-0.25, -0.2) is 14.2 Å². The zero-order valence-corrected chi connectivity index (χ0v) is 20.9. The number of nitrogens with zero attached hydrogens (tertiary/aromatic N) is 3. The van der Waals surface area contributed by atoms with E-state index in [1.54, 1.807) is 41.4 Å². The minimum absolute atomic E-state index is 0.157. The number of hydrogen-bond acceptors (Lipinski definition) is 4. The second-order valence-corrected chi connectivity index (χ2v) is 11.2. The van der Waals surface area contributed by atoms with Crippen LogP contribution in [0.3, 0.4) is 0 Å². The van der Waals surface area contributed by atoms with Crippen molar-refractivity contribution in [2.45, 2.75) is 57.7 Å². The number of carbonyl (C=O) groups excluding carboxylic acids is 1. The third kappa shape index (κ3) is 4.52. The predicted molar refractivity (Wildman–Crippen MR) is 134 cm³/mol. The second-order valence-electron chi connectivity index (χ2n) is 11.2. The highest BCUT2D eigenvalue weighted by molar-refractivity contribution is 5.78. The molecule has 7 rings (SSSR count). The van der Waals surface area contributed by atoms with Crippen molar-refractivity contribution in [1.29, 1.82) is 0 Å². The van der Waals surface area contributed by atoms with Crippen LogP contribution in [-0.4, -0.2) is 16.6 Å². The zero-order valence-electron chi connectivity index (χ0n) is 20.9. The summed E-state index contributed by atoms with van der Waals surface area (Å²) < 4.78 is 43.1. The maximum absolute atomic E-state index is 13.3. The van der Waals surface area contributed by atoms with E-state index in [2.05, 4.69) is 5.16 Å². The molecular formula is C29H29F3N3O3+. The Balaban J connectivity index is 1.19. The Kier molecular flexibility index (Phi) is 6.12. The van der Waals surface area contributed by atoms with E-state index in [0.29, 0.717) is 36.4 Å². The molecule has 0 radical (unpaired) electrons. The van der Waals surface area contributed by atoms with Crippen molar-refractivity contribution in [2.24, 2.45) is 28.3 Å². The number of fused-ring (bicyclic) bond motifs is 1. The van der Waals surface area contributed by atoms with Crippen molar-refractivity contribution in [2.75, 3.05) is 0 Å². The smallest absolute Gasteiger partial charge is 0.318 e. The molecule has 0 N–H and O–H groups in total. The standard InChI is InChI=1S/C29H29F3N3O3/c30-29(31,32)23-6-3-5-22(14-23)24-18-34(25-7-1-2-10-35(25)26(24)36)9-4-8-33-38-27(37)28-15-19-11-20(16-28)13-21(12-19)17-28/h1-3,5-8,10,14,18-21H,4,9,11-13,15-17H2/q+1. The molecule has 4 fully saturated rings. The molecule has 2 heterocycles. The van der Waals surface area contributed by atoms with Crippen LogP contribution in [0.25, 0.3) is 16.8 Å². The lowest BCUT2D eigenvalue weighted by Gasteiger charge is -2.54. The maximum Gasteiger partial charge on any atom is 0.416 e. The van der Waals surface area contributed by atoms with Crippen molar-refractivity contribution in [3.8, 4) is 11.1 Å². The number of pyridine rings is 1. The quantitative estimate of drug-likeness (QED) is 0.188. The molecule has 0 amide bonds. The summed E-state index contributed by atoms with van der Waals surface area (Å²) in [7, 11) is 0. The fourth-order valence-electron chi connectivity index (χ4n) is 7.28. The topological polar surface area (TPSA) is 64.0 Å². The molecule has 4 saturated carbocycles. The summed E-state index contributed by atoms with van der Waals surface area (Å²) in [5.74, 6) is 1.68. The van der Waals surface area contributed by atoms with Gasteiger partial charge in [0.25, 0.3) is 5.65 Å². The van der Waals surface area contributed by atoms with Crippen molar-refractivity contribution in [3.05, 3.63) is 70.8 Å². The summed E-state index contributed by atoms with van der Waals surface area (Å²) in [5, 5.41) is 3.98. The number of hydrogen-bond donors (Lipinski definition) is 0. The number of oxime groups is 1. The summed E-state index contributed by atoms with van der Waals surface area (Å²) in [6.07, 6.45) is 7.05. The first kappa shape index (κ1) is 24.8. The zero-order chi connectivity index (χ0) is 26.5. The molecule has 1 aromatic carbocycles. The van der Waals surface area contributed by atoms with E-state index in [9.17, 15) is 22.8 Å². The first-order valence-corrected chi connectivity index (χ1v) is 13.2. The molecule has 9 heteroatoms. The van der Waals surface area contributed by atoms with Crippen LogP contribution >= 0.6 is 0 Å². The van der Waals surface area contributed by atoms with Crippen LogP contribution in [-0.2, 0) is 22.4 Å². The van der Waals surface area contributed by atoms with Crippen molar-refractivity contribution in [1.82, 2.24) is 4.40 Å².